The lowest BCUT2D eigenvalue weighted by Gasteiger charge is -2.67. The van der Waals surface area contributed by atoms with Crippen LogP contribution in [0.4, 0.5) is 0 Å². The lowest BCUT2D eigenvalue weighted by Crippen LogP contribution is -2.68. The van der Waals surface area contributed by atoms with Gasteiger partial charge in [0.2, 0.25) is 6.29 Å². The molecule has 5 aliphatic carbocycles. The summed E-state index contributed by atoms with van der Waals surface area (Å²) in [6.45, 7) is 18.0. The van der Waals surface area contributed by atoms with Crippen molar-refractivity contribution in [2.45, 2.75) is 119 Å². The van der Waals surface area contributed by atoms with Crippen molar-refractivity contribution in [3.8, 4) is 0 Å². The van der Waals surface area contributed by atoms with E-state index in [1.807, 2.05) is 19.9 Å². The van der Waals surface area contributed by atoms with Crippen LogP contribution in [0.25, 0.3) is 0 Å². The number of esters is 2. The summed E-state index contributed by atoms with van der Waals surface area (Å²) in [4.78, 5) is 37.9. The fourth-order valence-corrected chi connectivity index (χ4v) is 11.2. The van der Waals surface area contributed by atoms with Gasteiger partial charge in [0, 0.05) is 36.5 Å². The molecule has 232 valence electrons. The average molecular weight is 583 g/mol. The van der Waals surface area contributed by atoms with Crippen LogP contribution in [0.15, 0.2) is 23.8 Å². The van der Waals surface area contributed by atoms with Crippen molar-refractivity contribution in [3.05, 3.63) is 23.8 Å². The third-order valence-corrected chi connectivity index (χ3v) is 13.2. The smallest absolute Gasteiger partial charge is 0.304 e. The normalized spacial score (nSPS) is 49.8. The molecule has 42 heavy (non-hydrogen) atoms. The van der Waals surface area contributed by atoms with E-state index in [1.165, 1.54) is 19.4 Å². The molecular formula is C35H50O7. The zero-order valence-corrected chi connectivity index (χ0v) is 26.9. The molecule has 0 unspecified atom stereocenters. The van der Waals surface area contributed by atoms with Gasteiger partial charge >= 0.3 is 11.9 Å². The van der Waals surface area contributed by atoms with E-state index in [9.17, 15) is 19.5 Å². The lowest BCUT2D eigenvalue weighted by molar-refractivity contribution is -0.213. The zero-order valence-electron chi connectivity index (χ0n) is 26.9. The number of fused-ring (bicyclic) bond motifs is 5. The number of ether oxygens (including phenoxy) is 3. The highest BCUT2D eigenvalue weighted by molar-refractivity contribution is 5.95. The highest BCUT2D eigenvalue weighted by Crippen LogP contribution is 2.73. The molecule has 4 fully saturated rings. The molecule has 1 heterocycles. The van der Waals surface area contributed by atoms with Crippen molar-refractivity contribution < 1.29 is 33.7 Å². The van der Waals surface area contributed by atoms with E-state index >= 15 is 0 Å². The molecule has 3 saturated carbocycles. The maximum absolute atomic E-state index is 13.1. The molecule has 1 N–H and O–H groups in total. The number of allylic oxidation sites excluding steroid dienone is 3. The molecule has 0 amide bonds. The van der Waals surface area contributed by atoms with Crippen molar-refractivity contribution in [2.24, 2.45) is 56.7 Å². The van der Waals surface area contributed by atoms with Gasteiger partial charge in [-0.15, -0.1) is 0 Å². The predicted octanol–water partition coefficient (Wildman–Crippen LogP) is 5.79. The molecule has 12 atom stereocenters. The van der Waals surface area contributed by atoms with Gasteiger partial charge in [0.25, 0.3) is 0 Å². The maximum Gasteiger partial charge on any atom is 0.304 e. The quantitative estimate of drug-likeness (QED) is 0.331. The molecule has 1 saturated heterocycles. The summed E-state index contributed by atoms with van der Waals surface area (Å²) in [5.74, 6) is -0.350. The Hall–Kier alpha value is -1.99. The molecule has 0 radical (unpaired) electrons. The van der Waals surface area contributed by atoms with E-state index in [-0.39, 0.29) is 52.9 Å². The van der Waals surface area contributed by atoms with Crippen molar-refractivity contribution in [2.75, 3.05) is 0 Å². The van der Waals surface area contributed by atoms with Gasteiger partial charge < -0.3 is 19.3 Å². The Morgan fingerprint density at radius 2 is 1.60 bits per heavy atom. The molecule has 0 spiro atoms. The largest absolute Gasteiger partial charge is 0.462 e. The number of ketones is 1. The summed E-state index contributed by atoms with van der Waals surface area (Å²) < 4.78 is 18.5. The first-order valence-corrected chi connectivity index (χ1v) is 16.0. The first-order valence-electron chi connectivity index (χ1n) is 16.0. The molecule has 7 heteroatoms. The lowest BCUT2D eigenvalue weighted by atomic mass is 9.37. The van der Waals surface area contributed by atoms with E-state index in [2.05, 4.69) is 40.7 Å². The maximum atomic E-state index is 13.1. The summed E-state index contributed by atoms with van der Waals surface area (Å²) in [5, 5.41) is 12.3. The van der Waals surface area contributed by atoms with Crippen LogP contribution in [0.1, 0.15) is 94.4 Å². The molecule has 6 rings (SSSR count). The van der Waals surface area contributed by atoms with E-state index < -0.39 is 40.2 Å². The monoisotopic (exact) mass is 582 g/mol. The number of aliphatic hydroxyl groups excluding tert-OH is 1. The second-order valence-electron chi connectivity index (χ2n) is 16.4. The summed E-state index contributed by atoms with van der Waals surface area (Å²) in [6.07, 6.45) is 8.24. The van der Waals surface area contributed by atoms with Gasteiger partial charge in [-0.3, -0.25) is 14.4 Å². The van der Waals surface area contributed by atoms with Gasteiger partial charge in [0.1, 0.15) is 6.10 Å². The average Bonchev–Trinajstić information content (AvgIpc) is 3.14. The second kappa shape index (κ2) is 9.26. The van der Waals surface area contributed by atoms with Crippen molar-refractivity contribution in [3.63, 3.8) is 0 Å². The topological polar surface area (TPSA) is 99.1 Å². The first-order chi connectivity index (χ1) is 19.4. The minimum atomic E-state index is -0.676. The number of carbonyl (C=O) groups is 3. The minimum absolute atomic E-state index is 0.00614. The van der Waals surface area contributed by atoms with Gasteiger partial charge in [0.05, 0.1) is 12.2 Å². The minimum Gasteiger partial charge on any atom is -0.462 e. The number of hydrogen-bond donors (Lipinski definition) is 1. The molecule has 0 aromatic carbocycles. The van der Waals surface area contributed by atoms with Crippen LogP contribution in [0.5, 0.6) is 0 Å². The van der Waals surface area contributed by atoms with Crippen molar-refractivity contribution in [1.82, 2.24) is 0 Å². The summed E-state index contributed by atoms with van der Waals surface area (Å²) in [6, 6.07) is 0. The van der Waals surface area contributed by atoms with Gasteiger partial charge in [-0.1, -0.05) is 66.2 Å². The molecule has 1 aliphatic heterocycles. The Kier molecular flexibility index (Phi) is 6.63. The van der Waals surface area contributed by atoms with Crippen LogP contribution in [0.3, 0.4) is 0 Å². The van der Waals surface area contributed by atoms with Gasteiger partial charge in [-0.05, 0) is 72.2 Å². The third kappa shape index (κ3) is 4.08. The number of rotatable bonds is 4. The Morgan fingerprint density at radius 3 is 2.19 bits per heavy atom. The van der Waals surface area contributed by atoms with Crippen LogP contribution < -0.4 is 0 Å². The Balaban J connectivity index is 1.40. The first kappa shape index (κ1) is 30.1. The van der Waals surface area contributed by atoms with Crippen LogP contribution in [0.2, 0.25) is 0 Å². The van der Waals surface area contributed by atoms with Crippen LogP contribution in [-0.2, 0) is 28.6 Å². The summed E-state index contributed by atoms with van der Waals surface area (Å²) >= 11 is 0. The van der Waals surface area contributed by atoms with Gasteiger partial charge in [0.15, 0.2) is 5.78 Å². The summed E-state index contributed by atoms with van der Waals surface area (Å²) in [5.41, 5.74) is -0.647. The number of carbonyl (C=O) groups excluding carboxylic acids is 3. The van der Waals surface area contributed by atoms with E-state index in [0.717, 1.165) is 19.3 Å². The number of aliphatic hydroxyl groups is 1. The standard InChI is InChI=1S/C35H50O7/c1-18(36)40-28-15-26-32(5,6)27(39)12-13-33(26,7)29-23(38)17-34(8)21(10-11-25(34)35(28,29)9)20-14-24(22-16-31(22,3)4)42-30(20)41-19(2)37/h11-13,20-24,26,28-30,38H,10,14-17H2,1-9H3/t20-,21-,22-,23+,24+,26-,28+,29+,30-,33-,34-,35+/m0/s1. The predicted molar refractivity (Wildman–Crippen MR) is 157 cm³/mol. The fraction of sp³-hybridized carbons (Fsp3) is 0.800. The van der Waals surface area contributed by atoms with E-state index in [0.29, 0.717) is 18.8 Å². The Bertz CT molecular complexity index is 1260. The van der Waals surface area contributed by atoms with Crippen LogP contribution in [0, 0.1) is 56.7 Å². The molecular weight excluding hydrogens is 532 g/mol. The van der Waals surface area contributed by atoms with Gasteiger partial charge in [-0.25, -0.2) is 0 Å². The van der Waals surface area contributed by atoms with Crippen molar-refractivity contribution >= 4 is 17.7 Å². The van der Waals surface area contributed by atoms with Crippen LogP contribution in [-0.4, -0.2) is 47.4 Å². The number of hydrogen-bond acceptors (Lipinski definition) is 7. The zero-order chi connectivity index (χ0) is 30.8. The third-order valence-electron chi connectivity index (χ3n) is 13.2. The molecule has 0 aromatic rings. The highest BCUT2D eigenvalue weighted by atomic mass is 16.7. The molecule has 7 nitrogen and oxygen atoms in total. The van der Waals surface area contributed by atoms with Gasteiger partial charge in [-0.2, -0.15) is 0 Å². The Morgan fingerprint density at radius 1 is 0.952 bits per heavy atom. The van der Waals surface area contributed by atoms with Crippen LogP contribution >= 0.6 is 0 Å². The second-order valence-corrected chi connectivity index (χ2v) is 16.4. The van der Waals surface area contributed by atoms with E-state index in [1.54, 1.807) is 6.08 Å². The molecule has 6 aliphatic rings. The van der Waals surface area contributed by atoms with Crippen molar-refractivity contribution in [1.29, 1.82) is 0 Å². The SMILES string of the molecule is CC(=O)O[C@H]1O[C@@H]([C@@H]2CC2(C)C)C[C@H]1[C@@H]1CC=C2[C@@]3(C)[C@H]([C@H](O)C[C@]21C)[C@@]1(C)C=CC(=O)C(C)(C)[C@@H]1C[C@H]3OC(C)=O. The highest BCUT2D eigenvalue weighted by Gasteiger charge is 2.71. The molecule has 0 aromatic heterocycles. The molecule has 0 bridgehead atoms. The fourth-order valence-electron chi connectivity index (χ4n) is 11.2. The summed E-state index contributed by atoms with van der Waals surface area (Å²) in [7, 11) is 0. The Labute approximate surface area is 250 Å². The van der Waals surface area contributed by atoms with E-state index in [4.69, 9.17) is 14.2 Å².